The molecule has 2 aromatic rings. The Morgan fingerprint density at radius 3 is 2.59 bits per heavy atom. The number of aromatic hydroxyl groups is 1. The monoisotopic (exact) mass is 252 g/mol. The first-order valence-electron chi connectivity index (χ1n) is 5.23. The molecule has 0 aliphatic rings. The van der Waals surface area contributed by atoms with Crippen molar-refractivity contribution < 1.29 is 9.63 Å². The van der Waals surface area contributed by atoms with E-state index >= 15 is 0 Å². The largest absolute Gasteiger partial charge is 0.506 e. The zero-order chi connectivity index (χ0) is 12.6. The fraction of sp³-hybridized carbons (Fsp3) is 0.250. The Morgan fingerprint density at radius 2 is 2.06 bits per heavy atom. The molecule has 17 heavy (non-hydrogen) atoms. The topological polar surface area (TPSA) is 72.3 Å². The third-order valence-electron chi connectivity index (χ3n) is 2.64. The molecule has 3 N–H and O–H groups in total. The molecule has 0 unspecified atom stereocenters. The van der Waals surface area contributed by atoms with E-state index < -0.39 is 0 Å². The zero-order valence-corrected chi connectivity index (χ0v) is 10.3. The van der Waals surface area contributed by atoms with Gasteiger partial charge in [-0.1, -0.05) is 30.6 Å². The lowest BCUT2D eigenvalue weighted by Crippen LogP contribution is -1.91. The second-order valence-corrected chi connectivity index (χ2v) is 4.56. The van der Waals surface area contributed by atoms with Crippen molar-refractivity contribution in [1.82, 2.24) is 5.16 Å². The molecule has 0 bridgehead atoms. The summed E-state index contributed by atoms with van der Waals surface area (Å²) in [6.45, 7) is 4.09. The maximum atomic E-state index is 9.94. The first kappa shape index (κ1) is 11.8. The number of phenols is 1. The molecule has 0 fully saturated rings. The van der Waals surface area contributed by atoms with Crippen LogP contribution in [0, 0.1) is 0 Å². The molecule has 0 radical (unpaired) electrons. The lowest BCUT2D eigenvalue weighted by atomic mass is 9.97. The lowest BCUT2D eigenvalue weighted by Gasteiger charge is -2.11. The highest BCUT2D eigenvalue weighted by molar-refractivity contribution is 6.32. The van der Waals surface area contributed by atoms with Crippen LogP contribution in [0.2, 0.25) is 5.02 Å². The lowest BCUT2D eigenvalue weighted by molar-refractivity contribution is 0.436. The molecule has 0 spiro atoms. The summed E-state index contributed by atoms with van der Waals surface area (Å²) >= 11 is 5.99. The number of anilines is 1. The third kappa shape index (κ3) is 2.08. The molecule has 0 atom stereocenters. The Bertz CT molecular complexity index is 549. The zero-order valence-electron chi connectivity index (χ0n) is 9.57. The van der Waals surface area contributed by atoms with Crippen LogP contribution in [0.25, 0.3) is 11.1 Å². The number of halogens is 1. The van der Waals surface area contributed by atoms with Crippen LogP contribution in [0.3, 0.4) is 0 Å². The molecule has 2 rings (SSSR count). The maximum absolute atomic E-state index is 9.94. The van der Waals surface area contributed by atoms with Crippen molar-refractivity contribution in [3.8, 4) is 16.9 Å². The van der Waals surface area contributed by atoms with Gasteiger partial charge in [-0.15, -0.1) is 0 Å². The molecule has 1 aromatic carbocycles. The van der Waals surface area contributed by atoms with Gasteiger partial charge in [-0.25, -0.2) is 0 Å². The first-order chi connectivity index (χ1) is 8.00. The summed E-state index contributed by atoms with van der Waals surface area (Å²) < 4.78 is 4.79. The highest BCUT2D eigenvalue weighted by atomic mass is 35.5. The van der Waals surface area contributed by atoms with Gasteiger partial charge in [0, 0.05) is 5.56 Å². The van der Waals surface area contributed by atoms with E-state index in [1.165, 1.54) is 6.20 Å². The summed E-state index contributed by atoms with van der Waals surface area (Å²) in [6, 6.07) is 3.59. The molecule has 5 heteroatoms. The average molecular weight is 253 g/mol. The van der Waals surface area contributed by atoms with Gasteiger partial charge in [0.1, 0.15) is 5.75 Å². The summed E-state index contributed by atoms with van der Waals surface area (Å²) in [5.74, 6) is 0.455. The van der Waals surface area contributed by atoms with Crippen LogP contribution < -0.4 is 5.73 Å². The van der Waals surface area contributed by atoms with Crippen molar-refractivity contribution in [1.29, 1.82) is 0 Å². The molecule has 0 aliphatic heterocycles. The number of nitrogens with two attached hydrogens (primary N) is 1. The number of hydrogen-bond donors (Lipinski definition) is 2. The molecule has 0 saturated carbocycles. The van der Waals surface area contributed by atoms with Gasteiger partial charge >= 0.3 is 0 Å². The Hall–Kier alpha value is -1.68. The summed E-state index contributed by atoms with van der Waals surface area (Å²) in [5.41, 5.74) is 7.74. The molecule has 0 amide bonds. The maximum Gasteiger partial charge on any atom is 0.230 e. The predicted octanol–water partition coefficient (Wildman–Crippen LogP) is 3.41. The highest BCUT2D eigenvalue weighted by Gasteiger charge is 2.16. The summed E-state index contributed by atoms with van der Waals surface area (Å²) in [5, 5.41) is 13.8. The molecular weight excluding hydrogens is 240 g/mol. The van der Waals surface area contributed by atoms with E-state index in [-0.39, 0.29) is 11.6 Å². The number of nitrogens with zero attached hydrogens (tertiary/aromatic N) is 1. The number of rotatable bonds is 2. The second-order valence-electron chi connectivity index (χ2n) is 4.16. The van der Waals surface area contributed by atoms with Crippen LogP contribution in [0.15, 0.2) is 22.9 Å². The number of benzene rings is 1. The molecule has 1 aromatic heterocycles. The predicted molar refractivity (Wildman–Crippen MR) is 67.1 cm³/mol. The highest BCUT2D eigenvalue weighted by Crippen LogP contribution is 2.40. The van der Waals surface area contributed by atoms with Gasteiger partial charge in [0.2, 0.25) is 5.88 Å². The van der Waals surface area contributed by atoms with Crippen LogP contribution in [0.5, 0.6) is 5.75 Å². The fourth-order valence-electron chi connectivity index (χ4n) is 1.61. The number of phenolic OH excluding ortho intramolecular Hbond substituents is 1. The quantitative estimate of drug-likeness (QED) is 0.859. The average Bonchev–Trinajstić information content (AvgIpc) is 2.68. The number of nitrogen functional groups attached to an aromatic ring is 1. The van der Waals surface area contributed by atoms with E-state index in [9.17, 15) is 5.11 Å². The van der Waals surface area contributed by atoms with Crippen LogP contribution in [0.1, 0.15) is 25.3 Å². The normalized spacial score (nSPS) is 11.1. The smallest absolute Gasteiger partial charge is 0.230 e. The minimum absolute atomic E-state index is 0.00836. The van der Waals surface area contributed by atoms with Crippen LogP contribution in [-0.4, -0.2) is 10.3 Å². The number of hydrogen-bond acceptors (Lipinski definition) is 4. The SMILES string of the molecule is CC(C)c1cc(Cl)c(O)c(-c2cnoc2N)c1. The molecule has 1 heterocycles. The second kappa shape index (κ2) is 4.30. The van der Waals surface area contributed by atoms with E-state index in [0.29, 0.717) is 22.1 Å². The summed E-state index contributed by atoms with van der Waals surface area (Å²) in [4.78, 5) is 0. The number of aromatic nitrogens is 1. The van der Waals surface area contributed by atoms with E-state index in [1.54, 1.807) is 6.07 Å². The van der Waals surface area contributed by atoms with Crippen molar-refractivity contribution in [3.05, 3.63) is 28.9 Å². The molecule has 4 nitrogen and oxygen atoms in total. The van der Waals surface area contributed by atoms with Gasteiger partial charge in [-0.3, -0.25) is 0 Å². The standard InChI is InChI=1S/C12H13ClN2O2/c1-6(2)7-3-8(11(16)10(13)4-7)9-5-15-17-12(9)14/h3-6,16H,14H2,1-2H3. The molecular formula is C12H13ClN2O2. The van der Waals surface area contributed by atoms with Crippen LogP contribution in [-0.2, 0) is 0 Å². The third-order valence-corrected chi connectivity index (χ3v) is 2.93. The van der Waals surface area contributed by atoms with E-state index in [1.807, 2.05) is 19.9 Å². The van der Waals surface area contributed by atoms with Crippen molar-refractivity contribution in [2.24, 2.45) is 0 Å². The van der Waals surface area contributed by atoms with Crippen molar-refractivity contribution in [2.75, 3.05) is 5.73 Å². The van der Waals surface area contributed by atoms with E-state index in [0.717, 1.165) is 5.56 Å². The van der Waals surface area contributed by atoms with Crippen molar-refractivity contribution >= 4 is 17.5 Å². The van der Waals surface area contributed by atoms with Gasteiger partial charge in [0.05, 0.1) is 16.8 Å². The van der Waals surface area contributed by atoms with Crippen molar-refractivity contribution in [3.63, 3.8) is 0 Å². The Morgan fingerprint density at radius 1 is 1.35 bits per heavy atom. The fourth-order valence-corrected chi connectivity index (χ4v) is 1.84. The van der Waals surface area contributed by atoms with Gasteiger partial charge in [0.15, 0.2) is 0 Å². The minimum atomic E-state index is -0.00836. The van der Waals surface area contributed by atoms with Crippen LogP contribution >= 0.6 is 11.6 Å². The minimum Gasteiger partial charge on any atom is -0.506 e. The van der Waals surface area contributed by atoms with Crippen molar-refractivity contribution in [2.45, 2.75) is 19.8 Å². The summed E-state index contributed by atoms with van der Waals surface area (Å²) in [6.07, 6.45) is 1.46. The molecule has 0 aliphatic carbocycles. The van der Waals surface area contributed by atoms with E-state index in [2.05, 4.69) is 5.16 Å². The van der Waals surface area contributed by atoms with Gasteiger partial charge < -0.3 is 15.4 Å². The Balaban J connectivity index is 2.65. The first-order valence-corrected chi connectivity index (χ1v) is 5.61. The van der Waals surface area contributed by atoms with Gasteiger partial charge in [0.25, 0.3) is 0 Å². The van der Waals surface area contributed by atoms with E-state index in [4.69, 9.17) is 21.9 Å². The van der Waals surface area contributed by atoms with Crippen LogP contribution in [0.4, 0.5) is 5.88 Å². The Kier molecular flexibility index (Phi) is 2.98. The van der Waals surface area contributed by atoms with Gasteiger partial charge in [-0.05, 0) is 23.6 Å². The Labute approximate surface area is 104 Å². The summed E-state index contributed by atoms with van der Waals surface area (Å²) in [7, 11) is 0. The molecule has 90 valence electrons. The molecule has 0 saturated heterocycles. The van der Waals surface area contributed by atoms with Gasteiger partial charge in [-0.2, -0.15) is 0 Å².